The molecule has 2 aliphatic rings. The molecular weight excluding hydrogens is 162 g/mol. The zero-order chi connectivity index (χ0) is 9.90. The summed E-state index contributed by atoms with van der Waals surface area (Å²) in [5.41, 5.74) is 0.0689. The van der Waals surface area contributed by atoms with Gasteiger partial charge in [-0.2, -0.15) is 0 Å². The van der Waals surface area contributed by atoms with Crippen LogP contribution in [0.4, 0.5) is 0 Å². The first kappa shape index (κ1) is 10.6. The Hall–Kier alpha value is -0.530. The number of hydrogen-bond acceptors (Lipinski definition) is 1. The van der Waals surface area contributed by atoms with Crippen LogP contribution in [0.3, 0.4) is 0 Å². The lowest BCUT2D eigenvalue weighted by Crippen LogP contribution is -2.35. The lowest BCUT2D eigenvalue weighted by Gasteiger charge is -2.23. The van der Waals surface area contributed by atoms with Crippen LogP contribution in [0.2, 0.25) is 0 Å². The van der Waals surface area contributed by atoms with Gasteiger partial charge in [-0.05, 0) is 38.0 Å². The Morgan fingerprint density at radius 2 is 1.85 bits per heavy atom. The maximum absolute atomic E-state index is 11.5. The molecule has 0 radical (unpaired) electrons. The number of rotatable bonds is 1. The summed E-state index contributed by atoms with van der Waals surface area (Å²) >= 11 is 0. The van der Waals surface area contributed by atoms with Crippen LogP contribution in [0.25, 0.3) is 0 Å². The molecule has 1 amide bonds. The van der Waals surface area contributed by atoms with Crippen LogP contribution in [0.5, 0.6) is 0 Å². The Balaban J connectivity index is 0.000000396. The van der Waals surface area contributed by atoms with Gasteiger partial charge in [0.1, 0.15) is 0 Å². The predicted molar refractivity (Wildman–Crippen MR) is 54.4 cm³/mol. The molecule has 0 aromatic carbocycles. The zero-order valence-electron chi connectivity index (χ0n) is 9.02. The molecule has 13 heavy (non-hydrogen) atoms. The van der Waals surface area contributed by atoms with Crippen molar-refractivity contribution in [3.05, 3.63) is 0 Å². The molecule has 0 aliphatic heterocycles. The van der Waals surface area contributed by atoms with Crippen LogP contribution in [-0.2, 0) is 4.79 Å². The molecular formula is C11H21NO. The average Bonchev–Trinajstić information content (AvgIpc) is 2.80. The summed E-state index contributed by atoms with van der Waals surface area (Å²) in [7, 11) is 1.75. The molecule has 0 aromatic heterocycles. The van der Waals surface area contributed by atoms with E-state index in [9.17, 15) is 4.79 Å². The van der Waals surface area contributed by atoms with Gasteiger partial charge in [-0.15, -0.1) is 0 Å². The summed E-state index contributed by atoms with van der Waals surface area (Å²) in [5, 5.41) is 2.79. The molecule has 2 heteroatoms. The summed E-state index contributed by atoms with van der Waals surface area (Å²) in [6, 6.07) is 0. The van der Waals surface area contributed by atoms with Gasteiger partial charge in [0.15, 0.2) is 0 Å². The largest absolute Gasteiger partial charge is 0.359 e. The topological polar surface area (TPSA) is 29.1 Å². The van der Waals surface area contributed by atoms with E-state index in [1.54, 1.807) is 7.05 Å². The zero-order valence-corrected chi connectivity index (χ0v) is 9.02. The summed E-state index contributed by atoms with van der Waals surface area (Å²) in [5.74, 6) is 1.16. The van der Waals surface area contributed by atoms with E-state index >= 15 is 0 Å². The smallest absolute Gasteiger partial charge is 0.225 e. The van der Waals surface area contributed by atoms with Gasteiger partial charge in [-0.1, -0.05) is 13.8 Å². The normalized spacial score (nSPS) is 35.2. The fourth-order valence-corrected chi connectivity index (χ4v) is 2.78. The first-order valence-electron chi connectivity index (χ1n) is 5.49. The van der Waals surface area contributed by atoms with Crippen LogP contribution in [0, 0.1) is 11.3 Å². The molecule has 2 bridgehead atoms. The molecule has 0 saturated heterocycles. The van der Waals surface area contributed by atoms with Crippen molar-refractivity contribution in [2.75, 3.05) is 7.05 Å². The van der Waals surface area contributed by atoms with Gasteiger partial charge < -0.3 is 5.32 Å². The number of nitrogens with one attached hydrogen (secondary N) is 1. The van der Waals surface area contributed by atoms with Crippen LogP contribution in [0.15, 0.2) is 0 Å². The van der Waals surface area contributed by atoms with Crippen LogP contribution in [0.1, 0.15) is 46.0 Å². The first-order valence-corrected chi connectivity index (χ1v) is 5.49. The molecule has 2 saturated carbocycles. The van der Waals surface area contributed by atoms with Gasteiger partial charge in [0.05, 0.1) is 0 Å². The molecule has 0 aromatic rings. The van der Waals surface area contributed by atoms with E-state index in [4.69, 9.17) is 0 Å². The van der Waals surface area contributed by atoms with Crippen LogP contribution >= 0.6 is 0 Å². The van der Waals surface area contributed by atoms with Crippen molar-refractivity contribution in [2.24, 2.45) is 11.3 Å². The van der Waals surface area contributed by atoms with Gasteiger partial charge in [0.2, 0.25) is 5.91 Å². The Morgan fingerprint density at radius 3 is 2.15 bits per heavy atom. The summed E-state index contributed by atoms with van der Waals surface area (Å²) < 4.78 is 0. The monoisotopic (exact) mass is 183 g/mol. The van der Waals surface area contributed by atoms with E-state index in [-0.39, 0.29) is 11.3 Å². The highest BCUT2D eigenvalue weighted by molar-refractivity contribution is 5.83. The van der Waals surface area contributed by atoms with E-state index in [1.165, 1.54) is 12.8 Å². The molecule has 2 nitrogen and oxygen atoms in total. The second-order valence-corrected chi connectivity index (χ2v) is 4.01. The van der Waals surface area contributed by atoms with Crippen molar-refractivity contribution in [3.8, 4) is 0 Å². The highest BCUT2D eigenvalue weighted by atomic mass is 16.2. The van der Waals surface area contributed by atoms with Gasteiger partial charge in [0.25, 0.3) is 0 Å². The van der Waals surface area contributed by atoms with Gasteiger partial charge >= 0.3 is 0 Å². The highest BCUT2D eigenvalue weighted by Gasteiger charge is 2.49. The minimum Gasteiger partial charge on any atom is -0.359 e. The van der Waals surface area contributed by atoms with Gasteiger partial charge in [0, 0.05) is 12.5 Å². The van der Waals surface area contributed by atoms with E-state index in [2.05, 4.69) is 5.32 Å². The Labute approximate surface area is 81.1 Å². The third-order valence-electron chi connectivity index (χ3n) is 3.45. The van der Waals surface area contributed by atoms with Gasteiger partial charge in [-0.25, -0.2) is 0 Å². The average molecular weight is 183 g/mol. The third kappa shape index (κ3) is 1.72. The third-order valence-corrected chi connectivity index (χ3v) is 3.45. The maximum Gasteiger partial charge on any atom is 0.225 e. The van der Waals surface area contributed by atoms with E-state index in [0.717, 1.165) is 25.2 Å². The second kappa shape index (κ2) is 4.12. The summed E-state index contributed by atoms with van der Waals surface area (Å²) in [6.45, 7) is 4.00. The maximum atomic E-state index is 11.5. The standard InChI is InChI=1S/C9H15NO.C2H6/c1-10-8(11)9-4-2-7(6-9)3-5-9;1-2/h7H,2-6H2,1H3,(H,10,11);1-2H3. The van der Waals surface area contributed by atoms with Crippen molar-refractivity contribution >= 4 is 5.91 Å². The first-order chi connectivity index (χ1) is 6.27. The molecule has 2 fully saturated rings. The molecule has 0 unspecified atom stereocenters. The molecule has 2 aliphatic carbocycles. The SMILES string of the molecule is CC.CNC(=O)C12CCC(CC1)C2. The number of carbonyl (C=O) groups is 1. The summed E-state index contributed by atoms with van der Waals surface area (Å²) in [4.78, 5) is 11.5. The Morgan fingerprint density at radius 1 is 1.31 bits per heavy atom. The molecule has 0 heterocycles. The van der Waals surface area contributed by atoms with Crippen molar-refractivity contribution in [1.29, 1.82) is 0 Å². The Bertz CT molecular complexity index is 181. The molecule has 0 atom stereocenters. The molecule has 0 spiro atoms. The lowest BCUT2D eigenvalue weighted by atomic mass is 9.83. The molecule has 76 valence electrons. The number of carbonyl (C=O) groups excluding carboxylic acids is 1. The quantitative estimate of drug-likeness (QED) is 0.664. The van der Waals surface area contributed by atoms with Gasteiger partial charge in [-0.3, -0.25) is 4.79 Å². The van der Waals surface area contributed by atoms with Crippen LogP contribution < -0.4 is 5.32 Å². The van der Waals surface area contributed by atoms with Crippen molar-refractivity contribution in [2.45, 2.75) is 46.0 Å². The molecule has 1 N–H and O–H groups in total. The van der Waals surface area contributed by atoms with Crippen molar-refractivity contribution in [3.63, 3.8) is 0 Å². The fourth-order valence-electron chi connectivity index (χ4n) is 2.78. The summed E-state index contributed by atoms with van der Waals surface area (Å²) in [6.07, 6.45) is 6.00. The predicted octanol–water partition coefficient (Wildman–Crippen LogP) is 2.34. The molecule has 2 rings (SSSR count). The highest BCUT2D eigenvalue weighted by Crippen LogP contribution is 2.53. The number of amides is 1. The lowest BCUT2D eigenvalue weighted by molar-refractivity contribution is -0.130. The van der Waals surface area contributed by atoms with Crippen molar-refractivity contribution < 1.29 is 4.79 Å². The van der Waals surface area contributed by atoms with Crippen molar-refractivity contribution in [1.82, 2.24) is 5.32 Å². The minimum absolute atomic E-state index is 0.0689. The second-order valence-electron chi connectivity index (χ2n) is 4.01. The van der Waals surface area contributed by atoms with E-state index < -0.39 is 0 Å². The van der Waals surface area contributed by atoms with E-state index in [0.29, 0.717) is 0 Å². The number of hydrogen-bond donors (Lipinski definition) is 1. The minimum atomic E-state index is 0.0689. The van der Waals surface area contributed by atoms with E-state index in [1.807, 2.05) is 13.8 Å². The number of fused-ring (bicyclic) bond motifs is 2. The van der Waals surface area contributed by atoms with Crippen LogP contribution in [-0.4, -0.2) is 13.0 Å². The Kier molecular flexibility index (Phi) is 3.34. The fraction of sp³-hybridized carbons (Fsp3) is 0.909.